The van der Waals surface area contributed by atoms with Crippen LogP contribution in [0.15, 0.2) is 65.1 Å². The highest BCUT2D eigenvalue weighted by molar-refractivity contribution is 5.95. The fourth-order valence-corrected chi connectivity index (χ4v) is 4.42. The zero-order chi connectivity index (χ0) is 24.6. The van der Waals surface area contributed by atoms with Gasteiger partial charge < -0.3 is 14.2 Å². The number of carbonyl (C=O) groups is 2. The number of hydrogen-bond donors (Lipinski definition) is 0. The number of benzene rings is 2. The molecule has 7 nitrogen and oxygen atoms in total. The van der Waals surface area contributed by atoms with Crippen molar-refractivity contribution in [3.05, 3.63) is 77.7 Å². The number of halogens is 3. The molecule has 2 saturated heterocycles. The van der Waals surface area contributed by atoms with Gasteiger partial charge in [-0.3, -0.25) is 14.5 Å². The van der Waals surface area contributed by atoms with Crippen molar-refractivity contribution in [1.82, 2.24) is 19.7 Å². The van der Waals surface area contributed by atoms with Gasteiger partial charge in [0.15, 0.2) is 5.69 Å². The molecule has 2 aliphatic rings. The topological polar surface area (TPSA) is 69.9 Å². The standard InChI is InChI=1S/C25H23F3N4O3/c26-25(27,28)21-20(29-22(35-21)17-7-3-1-4-8-17)24(34)32-15-19(16-32)30-11-13-31(14-12-30)23(33)18-9-5-2-6-10-18/h1-10,19H,11-16H2. The summed E-state index contributed by atoms with van der Waals surface area (Å²) in [5, 5.41) is 0. The SMILES string of the molecule is O=C(c1ccccc1)N1CCN(C2CN(C(=O)c3nc(-c4ccccc4)oc3C(F)(F)F)C2)CC1. The Hall–Kier alpha value is -3.66. The summed E-state index contributed by atoms with van der Waals surface area (Å²) in [5.41, 5.74) is 0.291. The molecule has 2 amide bonds. The highest BCUT2D eigenvalue weighted by Crippen LogP contribution is 2.36. The highest BCUT2D eigenvalue weighted by Gasteiger charge is 2.45. The summed E-state index contributed by atoms with van der Waals surface area (Å²) in [6, 6.07) is 17.3. The van der Waals surface area contributed by atoms with E-state index in [0.717, 1.165) is 0 Å². The minimum atomic E-state index is -4.84. The van der Waals surface area contributed by atoms with Gasteiger partial charge in [-0.2, -0.15) is 13.2 Å². The van der Waals surface area contributed by atoms with Crippen LogP contribution in [0.2, 0.25) is 0 Å². The minimum absolute atomic E-state index is 0.0180. The van der Waals surface area contributed by atoms with Crippen molar-refractivity contribution in [2.45, 2.75) is 12.2 Å². The lowest BCUT2D eigenvalue weighted by atomic mass is 10.0. The van der Waals surface area contributed by atoms with Crippen LogP contribution in [0.1, 0.15) is 26.6 Å². The van der Waals surface area contributed by atoms with E-state index < -0.39 is 23.5 Å². The molecule has 0 aliphatic carbocycles. The van der Waals surface area contributed by atoms with E-state index in [-0.39, 0.29) is 17.8 Å². The summed E-state index contributed by atoms with van der Waals surface area (Å²) < 4.78 is 45.7. The van der Waals surface area contributed by atoms with Crippen LogP contribution in [-0.4, -0.2) is 76.8 Å². The molecule has 0 unspecified atom stereocenters. The third-order valence-electron chi connectivity index (χ3n) is 6.40. The Balaban J connectivity index is 1.21. The molecule has 0 bridgehead atoms. The van der Waals surface area contributed by atoms with Crippen molar-refractivity contribution >= 4 is 11.8 Å². The van der Waals surface area contributed by atoms with Gasteiger partial charge in [-0.1, -0.05) is 36.4 Å². The zero-order valence-electron chi connectivity index (χ0n) is 18.7. The fraction of sp³-hybridized carbons (Fsp3) is 0.320. The molecular formula is C25H23F3N4O3. The summed E-state index contributed by atoms with van der Waals surface area (Å²) >= 11 is 0. The number of piperazine rings is 1. The van der Waals surface area contributed by atoms with E-state index in [9.17, 15) is 22.8 Å². The molecule has 0 atom stereocenters. The number of rotatable bonds is 4. The number of amides is 2. The van der Waals surface area contributed by atoms with Gasteiger partial charge in [-0.05, 0) is 24.3 Å². The van der Waals surface area contributed by atoms with Crippen molar-refractivity contribution in [1.29, 1.82) is 0 Å². The third-order valence-corrected chi connectivity index (χ3v) is 6.40. The molecule has 2 aromatic carbocycles. The molecule has 3 aromatic rings. The van der Waals surface area contributed by atoms with Crippen LogP contribution in [0.5, 0.6) is 0 Å². The second-order valence-electron chi connectivity index (χ2n) is 8.62. The first-order valence-electron chi connectivity index (χ1n) is 11.3. The lowest BCUT2D eigenvalue weighted by Crippen LogP contribution is -2.64. The van der Waals surface area contributed by atoms with E-state index in [1.807, 2.05) is 18.2 Å². The normalized spacial score (nSPS) is 17.3. The number of nitrogens with zero attached hydrogens (tertiary/aromatic N) is 4. The van der Waals surface area contributed by atoms with Crippen LogP contribution in [0.25, 0.3) is 11.5 Å². The van der Waals surface area contributed by atoms with Crippen molar-refractivity contribution in [2.24, 2.45) is 0 Å². The number of likely N-dealkylation sites (tertiary alicyclic amines) is 1. The molecule has 0 saturated carbocycles. The molecule has 2 aliphatic heterocycles. The molecule has 35 heavy (non-hydrogen) atoms. The Bertz CT molecular complexity index is 1200. The molecule has 0 N–H and O–H groups in total. The van der Waals surface area contributed by atoms with Crippen molar-refractivity contribution in [2.75, 3.05) is 39.3 Å². The van der Waals surface area contributed by atoms with Crippen LogP contribution in [0, 0.1) is 0 Å². The molecule has 2 fully saturated rings. The molecule has 3 heterocycles. The zero-order valence-corrected chi connectivity index (χ0v) is 18.7. The average molecular weight is 484 g/mol. The molecule has 1 aromatic heterocycles. The smallest absolute Gasteiger partial charge is 0.431 e. The predicted molar refractivity (Wildman–Crippen MR) is 121 cm³/mol. The van der Waals surface area contributed by atoms with Gasteiger partial charge in [0, 0.05) is 56.4 Å². The van der Waals surface area contributed by atoms with Crippen molar-refractivity contribution < 1.29 is 27.2 Å². The maximum atomic E-state index is 13.6. The Morgan fingerprint density at radius 2 is 1.43 bits per heavy atom. The number of carbonyl (C=O) groups excluding carboxylic acids is 2. The van der Waals surface area contributed by atoms with E-state index in [1.54, 1.807) is 47.4 Å². The third kappa shape index (κ3) is 4.66. The monoisotopic (exact) mass is 484 g/mol. The van der Waals surface area contributed by atoms with Gasteiger partial charge in [0.2, 0.25) is 11.7 Å². The first-order valence-corrected chi connectivity index (χ1v) is 11.3. The first kappa shape index (κ1) is 23.1. The Labute approximate surface area is 199 Å². The van der Waals surface area contributed by atoms with Gasteiger partial charge >= 0.3 is 6.18 Å². The largest absolute Gasteiger partial charge is 0.452 e. The van der Waals surface area contributed by atoms with Crippen LogP contribution in [-0.2, 0) is 6.18 Å². The van der Waals surface area contributed by atoms with Gasteiger partial charge in [0.1, 0.15) is 0 Å². The van der Waals surface area contributed by atoms with Crippen LogP contribution in [0.3, 0.4) is 0 Å². The van der Waals surface area contributed by atoms with E-state index in [4.69, 9.17) is 4.42 Å². The number of oxazole rings is 1. The highest BCUT2D eigenvalue weighted by atomic mass is 19.4. The van der Waals surface area contributed by atoms with E-state index >= 15 is 0 Å². The van der Waals surface area contributed by atoms with Gasteiger partial charge in [-0.15, -0.1) is 0 Å². The summed E-state index contributed by atoms with van der Waals surface area (Å²) in [7, 11) is 0. The summed E-state index contributed by atoms with van der Waals surface area (Å²) in [6.45, 7) is 3.00. The second-order valence-corrected chi connectivity index (χ2v) is 8.62. The van der Waals surface area contributed by atoms with Crippen LogP contribution in [0.4, 0.5) is 13.2 Å². The quantitative estimate of drug-likeness (QED) is 0.566. The summed E-state index contributed by atoms with van der Waals surface area (Å²) in [4.78, 5) is 34.7. The molecule has 0 spiro atoms. The predicted octanol–water partition coefficient (Wildman–Crippen LogP) is 3.64. The van der Waals surface area contributed by atoms with E-state index in [1.165, 1.54) is 4.90 Å². The van der Waals surface area contributed by atoms with E-state index in [2.05, 4.69) is 9.88 Å². The Kier molecular flexibility index (Phi) is 6.06. The Morgan fingerprint density at radius 1 is 0.829 bits per heavy atom. The maximum Gasteiger partial charge on any atom is 0.452 e. The van der Waals surface area contributed by atoms with Gasteiger partial charge in [0.25, 0.3) is 11.8 Å². The van der Waals surface area contributed by atoms with Gasteiger partial charge in [-0.25, -0.2) is 4.98 Å². The molecule has 5 rings (SSSR count). The molecule has 182 valence electrons. The summed E-state index contributed by atoms with van der Waals surface area (Å²) in [5.74, 6) is -2.43. The first-order chi connectivity index (χ1) is 16.8. The Morgan fingerprint density at radius 3 is 2.03 bits per heavy atom. The molecular weight excluding hydrogens is 461 g/mol. The van der Waals surface area contributed by atoms with Crippen molar-refractivity contribution in [3.8, 4) is 11.5 Å². The molecule has 10 heteroatoms. The van der Waals surface area contributed by atoms with Crippen molar-refractivity contribution in [3.63, 3.8) is 0 Å². The van der Waals surface area contributed by atoms with E-state index in [0.29, 0.717) is 50.4 Å². The number of alkyl halides is 3. The maximum absolute atomic E-state index is 13.6. The lowest BCUT2D eigenvalue weighted by Gasteiger charge is -2.47. The second kappa shape index (κ2) is 9.18. The number of aromatic nitrogens is 1. The minimum Gasteiger partial charge on any atom is -0.431 e. The summed E-state index contributed by atoms with van der Waals surface area (Å²) in [6.07, 6.45) is -4.84. The fourth-order valence-electron chi connectivity index (χ4n) is 4.42. The van der Waals surface area contributed by atoms with Gasteiger partial charge in [0.05, 0.1) is 0 Å². The lowest BCUT2D eigenvalue weighted by molar-refractivity contribution is -0.153. The van der Waals surface area contributed by atoms with Crippen LogP contribution >= 0.6 is 0 Å². The average Bonchev–Trinajstić information content (AvgIpc) is 3.31. The van der Waals surface area contributed by atoms with Crippen LogP contribution < -0.4 is 0 Å². The molecule has 0 radical (unpaired) electrons. The number of hydrogen-bond acceptors (Lipinski definition) is 5.